The standard InChI is InChI=1S/C15H14N4O4/c1-2-18-8-14(7-16-18)22-9-12-10-23-15(17-12)11-3-5-13(6-4-11)19(20)21/h3-8,10H,2,9H2,1H3. The van der Waals surface area contributed by atoms with E-state index in [0.717, 1.165) is 6.54 Å². The van der Waals surface area contributed by atoms with E-state index in [-0.39, 0.29) is 12.3 Å². The lowest BCUT2D eigenvalue weighted by Gasteiger charge is -1.99. The Hall–Kier alpha value is -3.16. The Morgan fingerprint density at radius 3 is 2.78 bits per heavy atom. The number of nitro groups is 1. The molecule has 2 aromatic heterocycles. The van der Waals surface area contributed by atoms with Gasteiger partial charge in [0, 0.05) is 24.2 Å². The first-order valence-corrected chi connectivity index (χ1v) is 7.00. The number of hydrogen-bond donors (Lipinski definition) is 0. The molecule has 0 radical (unpaired) electrons. The van der Waals surface area contributed by atoms with E-state index in [9.17, 15) is 10.1 Å². The van der Waals surface area contributed by atoms with E-state index in [1.807, 2.05) is 6.92 Å². The highest BCUT2D eigenvalue weighted by Gasteiger charge is 2.10. The number of ether oxygens (including phenoxy) is 1. The van der Waals surface area contributed by atoms with Gasteiger partial charge in [-0.1, -0.05) is 0 Å². The van der Waals surface area contributed by atoms with Crippen LogP contribution in [0.25, 0.3) is 11.5 Å². The van der Waals surface area contributed by atoms with Gasteiger partial charge in [-0.05, 0) is 19.1 Å². The minimum absolute atomic E-state index is 0.0248. The third-order valence-corrected chi connectivity index (χ3v) is 3.20. The van der Waals surface area contributed by atoms with E-state index in [1.54, 1.807) is 29.2 Å². The number of benzene rings is 1. The van der Waals surface area contributed by atoms with E-state index in [0.29, 0.717) is 22.9 Å². The lowest BCUT2D eigenvalue weighted by molar-refractivity contribution is -0.384. The molecule has 8 heteroatoms. The molecule has 23 heavy (non-hydrogen) atoms. The molecule has 1 aromatic carbocycles. The summed E-state index contributed by atoms with van der Waals surface area (Å²) in [6.45, 7) is 3.02. The highest BCUT2D eigenvalue weighted by Crippen LogP contribution is 2.22. The molecule has 0 bridgehead atoms. The monoisotopic (exact) mass is 314 g/mol. The molecule has 0 N–H and O–H groups in total. The zero-order chi connectivity index (χ0) is 16.2. The summed E-state index contributed by atoms with van der Waals surface area (Å²) in [6, 6.07) is 6.02. The van der Waals surface area contributed by atoms with E-state index in [1.165, 1.54) is 18.4 Å². The SMILES string of the molecule is CCn1cc(OCc2coc(-c3ccc([N+](=O)[O-])cc3)n2)cn1. The number of aryl methyl sites for hydroxylation is 1. The van der Waals surface area contributed by atoms with Crippen LogP contribution in [0.3, 0.4) is 0 Å². The molecule has 0 saturated heterocycles. The van der Waals surface area contributed by atoms with Crippen molar-refractivity contribution in [3.05, 3.63) is 58.7 Å². The van der Waals surface area contributed by atoms with Gasteiger partial charge >= 0.3 is 0 Å². The molecule has 0 fully saturated rings. The molecule has 8 nitrogen and oxygen atoms in total. The Morgan fingerprint density at radius 1 is 1.35 bits per heavy atom. The minimum Gasteiger partial charge on any atom is -0.484 e. The van der Waals surface area contributed by atoms with Crippen molar-refractivity contribution in [1.82, 2.24) is 14.8 Å². The highest BCUT2D eigenvalue weighted by atomic mass is 16.6. The Labute approximate surface area is 131 Å². The quantitative estimate of drug-likeness (QED) is 0.512. The molecule has 0 spiro atoms. The van der Waals surface area contributed by atoms with Crippen molar-refractivity contribution in [3.63, 3.8) is 0 Å². The van der Waals surface area contributed by atoms with E-state index in [4.69, 9.17) is 9.15 Å². The molecular formula is C15H14N4O4. The van der Waals surface area contributed by atoms with Crippen molar-refractivity contribution in [3.8, 4) is 17.2 Å². The number of nitro benzene ring substituents is 1. The van der Waals surface area contributed by atoms with Crippen LogP contribution >= 0.6 is 0 Å². The van der Waals surface area contributed by atoms with Gasteiger partial charge in [0.15, 0.2) is 5.75 Å². The van der Waals surface area contributed by atoms with Crippen molar-refractivity contribution >= 4 is 5.69 Å². The Balaban J connectivity index is 1.66. The number of nitrogens with zero attached hydrogens (tertiary/aromatic N) is 4. The maximum atomic E-state index is 10.6. The Bertz CT molecular complexity index is 807. The van der Waals surface area contributed by atoms with Crippen LogP contribution in [0.5, 0.6) is 5.75 Å². The van der Waals surface area contributed by atoms with Crippen LogP contribution in [-0.4, -0.2) is 19.7 Å². The second-order valence-electron chi connectivity index (χ2n) is 4.77. The van der Waals surface area contributed by atoms with Crippen molar-refractivity contribution in [2.24, 2.45) is 0 Å². The molecule has 0 aliphatic heterocycles. The molecule has 0 amide bonds. The molecule has 0 unspecified atom stereocenters. The summed E-state index contributed by atoms with van der Waals surface area (Å²) in [5.74, 6) is 1.05. The van der Waals surface area contributed by atoms with E-state index in [2.05, 4.69) is 10.1 Å². The smallest absolute Gasteiger partial charge is 0.269 e. The predicted octanol–water partition coefficient (Wildman–Crippen LogP) is 3.05. The van der Waals surface area contributed by atoms with Crippen molar-refractivity contribution < 1.29 is 14.1 Å². The van der Waals surface area contributed by atoms with Crippen LogP contribution < -0.4 is 4.74 Å². The van der Waals surface area contributed by atoms with Gasteiger partial charge in [0.2, 0.25) is 5.89 Å². The molecule has 118 valence electrons. The molecule has 0 atom stereocenters. The van der Waals surface area contributed by atoms with Gasteiger partial charge in [0.05, 0.1) is 17.3 Å². The fourth-order valence-corrected chi connectivity index (χ4v) is 1.98. The summed E-state index contributed by atoms with van der Waals surface area (Å²) >= 11 is 0. The third-order valence-electron chi connectivity index (χ3n) is 3.20. The van der Waals surface area contributed by atoms with Crippen molar-refractivity contribution in [1.29, 1.82) is 0 Å². The van der Waals surface area contributed by atoms with Gasteiger partial charge in [0.1, 0.15) is 18.6 Å². The number of aromatic nitrogens is 3. The zero-order valence-corrected chi connectivity index (χ0v) is 12.4. The number of hydrogen-bond acceptors (Lipinski definition) is 6. The molecule has 0 aliphatic carbocycles. The molecule has 0 saturated carbocycles. The fourth-order valence-electron chi connectivity index (χ4n) is 1.98. The zero-order valence-electron chi connectivity index (χ0n) is 12.4. The van der Waals surface area contributed by atoms with Crippen LogP contribution in [0.4, 0.5) is 5.69 Å². The average Bonchev–Trinajstić information content (AvgIpc) is 3.22. The maximum absolute atomic E-state index is 10.6. The lowest BCUT2D eigenvalue weighted by atomic mass is 10.2. The van der Waals surface area contributed by atoms with Crippen LogP contribution in [-0.2, 0) is 13.2 Å². The van der Waals surface area contributed by atoms with Gasteiger partial charge in [0.25, 0.3) is 5.69 Å². The van der Waals surface area contributed by atoms with Crippen LogP contribution in [0, 0.1) is 10.1 Å². The van der Waals surface area contributed by atoms with Crippen molar-refractivity contribution in [2.75, 3.05) is 0 Å². The second kappa shape index (κ2) is 6.30. The summed E-state index contributed by atoms with van der Waals surface area (Å²) in [4.78, 5) is 14.5. The summed E-state index contributed by atoms with van der Waals surface area (Å²) in [6.07, 6.45) is 4.94. The normalized spacial score (nSPS) is 10.7. The Morgan fingerprint density at radius 2 is 2.13 bits per heavy atom. The third kappa shape index (κ3) is 3.37. The first kappa shape index (κ1) is 14.8. The second-order valence-corrected chi connectivity index (χ2v) is 4.77. The van der Waals surface area contributed by atoms with Crippen LogP contribution in [0.1, 0.15) is 12.6 Å². The average molecular weight is 314 g/mol. The lowest BCUT2D eigenvalue weighted by Crippen LogP contribution is -1.95. The highest BCUT2D eigenvalue weighted by molar-refractivity contribution is 5.55. The van der Waals surface area contributed by atoms with Gasteiger partial charge in [-0.25, -0.2) is 4.98 Å². The van der Waals surface area contributed by atoms with Gasteiger partial charge in [-0.2, -0.15) is 5.10 Å². The Kier molecular flexibility index (Phi) is 4.05. The largest absolute Gasteiger partial charge is 0.484 e. The first-order valence-electron chi connectivity index (χ1n) is 7.00. The van der Waals surface area contributed by atoms with Crippen LogP contribution in [0.15, 0.2) is 47.3 Å². The summed E-state index contributed by atoms with van der Waals surface area (Å²) in [7, 11) is 0. The molecule has 0 aliphatic rings. The summed E-state index contributed by atoms with van der Waals surface area (Å²) < 4.78 is 12.7. The van der Waals surface area contributed by atoms with Crippen molar-refractivity contribution in [2.45, 2.75) is 20.1 Å². The molecular weight excluding hydrogens is 300 g/mol. The topological polar surface area (TPSA) is 96.2 Å². The number of non-ortho nitro benzene ring substituents is 1. The van der Waals surface area contributed by atoms with E-state index < -0.39 is 4.92 Å². The van der Waals surface area contributed by atoms with Gasteiger partial charge in [-0.15, -0.1) is 0 Å². The molecule has 2 heterocycles. The summed E-state index contributed by atoms with van der Waals surface area (Å²) in [5, 5.41) is 14.8. The molecule has 3 rings (SSSR count). The molecule has 3 aromatic rings. The number of oxazole rings is 1. The van der Waals surface area contributed by atoms with Crippen LogP contribution in [0.2, 0.25) is 0 Å². The van der Waals surface area contributed by atoms with Gasteiger partial charge < -0.3 is 9.15 Å². The van der Waals surface area contributed by atoms with Gasteiger partial charge in [-0.3, -0.25) is 14.8 Å². The fraction of sp³-hybridized carbons (Fsp3) is 0.200. The minimum atomic E-state index is -0.449. The van der Waals surface area contributed by atoms with E-state index >= 15 is 0 Å². The first-order chi connectivity index (χ1) is 11.2. The summed E-state index contributed by atoms with van der Waals surface area (Å²) in [5.41, 5.74) is 1.32. The maximum Gasteiger partial charge on any atom is 0.269 e. The predicted molar refractivity (Wildman–Crippen MR) is 80.8 cm³/mol. The number of rotatable bonds is 6.